The van der Waals surface area contributed by atoms with E-state index >= 15 is 0 Å². The van der Waals surface area contributed by atoms with Crippen LogP contribution in [0.25, 0.3) is 0 Å². The van der Waals surface area contributed by atoms with Gasteiger partial charge in [-0.15, -0.1) is 0 Å². The molecule has 0 bridgehead atoms. The minimum absolute atomic E-state index is 0.157. The van der Waals surface area contributed by atoms with E-state index in [0.717, 1.165) is 16.7 Å². The Balaban J connectivity index is 1.96. The van der Waals surface area contributed by atoms with Gasteiger partial charge in [-0.1, -0.05) is 60.7 Å². The fourth-order valence-corrected chi connectivity index (χ4v) is 4.71. The molecule has 3 aromatic carbocycles. The maximum Gasteiger partial charge on any atom is 0.264 e. The van der Waals surface area contributed by atoms with E-state index in [1.165, 1.54) is 4.31 Å². The van der Waals surface area contributed by atoms with Crippen LogP contribution >= 0.6 is 0 Å². The van der Waals surface area contributed by atoms with Crippen molar-refractivity contribution < 1.29 is 13.2 Å². The van der Waals surface area contributed by atoms with Gasteiger partial charge in [-0.2, -0.15) is 0 Å². The van der Waals surface area contributed by atoms with Gasteiger partial charge in [-0.05, 0) is 48.7 Å². The number of amides is 1. The molecule has 0 heterocycles. The van der Waals surface area contributed by atoms with Gasteiger partial charge < -0.3 is 4.90 Å². The molecule has 0 N–H and O–H groups in total. The number of rotatable bonds is 7. The Hall–Kier alpha value is -3.12. The van der Waals surface area contributed by atoms with Crippen molar-refractivity contribution in [3.63, 3.8) is 0 Å². The third kappa shape index (κ3) is 4.71. The Labute approximate surface area is 178 Å². The lowest BCUT2D eigenvalue weighted by atomic mass is 10.1. The van der Waals surface area contributed by atoms with Crippen LogP contribution in [0, 0.1) is 13.8 Å². The van der Waals surface area contributed by atoms with Crippen molar-refractivity contribution in [1.29, 1.82) is 0 Å². The lowest BCUT2D eigenvalue weighted by molar-refractivity contribution is -0.128. The number of sulfonamides is 1. The summed E-state index contributed by atoms with van der Waals surface area (Å²) in [6.07, 6.45) is 0. The van der Waals surface area contributed by atoms with Gasteiger partial charge in [0.05, 0.1) is 10.6 Å². The van der Waals surface area contributed by atoms with Crippen LogP contribution in [-0.4, -0.2) is 32.8 Å². The first kappa shape index (κ1) is 21.6. The van der Waals surface area contributed by atoms with Gasteiger partial charge in [0.25, 0.3) is 10.0 Å². The number of nitrogens with zero attached hydrogens (tertiary/aromatic N) is 2. The number of carbonyl (C=O) groups excluding carboxylic acids is 1. The van der Waals surface area contributed by atoms with Gasteiger partial charge in [0.1, 0.15) is 6.54 Å². The summed E-state index contributed by atoms with van der Waals surface area (Å²) in [7, 11) is -2.22. The summed E-state index contributed by atoms with van der Waals surface area (Å²) in [5.74, 6) is -0.278. The molecule has 0 aliphatic carbocycles. The molecule has 0 aromatic heterocycles. The Morgan fingerprint density at radius 3 is 2.07 bits per heavy atom. The first-order valence-electron chi connectivity index (χ1n) is 9.72. The number of anilines is 1. The molecule has 1 amide bonds. The molecule has 0 saturated carbocycles. The zero-order valence-corrected chi connectivity index (χ0v) is 18.3. The second-order valence-corrected chi connectivity index (χ2v) is 9.14. The molecule has 0 saturated heterocycles. The topological polar surface area (TPSA) is 57.7 Å². The van der Waals surface area contributed by atoms with Gasteiger partial charge in [0, 0.05) is 13.6 Å². The maximum atomic E-state index is 13.5. The maximum absolute atomic E-state index is 13.5. The smallest absolute Gasteiger partial charge is 0.264 e. The monoisotopic (exact) mass is 422 g/mol. The molecule has 3 aromatic rings. The zero-order chi connectivity index (χ0) is 21.7. The predicted molar refractivity (Wildman–Crippen MR) is 120 cm³/mol. The molecule has 0 aliphatic heterocycles. The summed E-state index contributed by atoms with van der Waals surface area (Å²) in [4.78, 5) is 14.7. The van der Waals surface area contributed by atoms with E-state index in [2.05, 4.69) is 0 Å². The minimum atomic E-state index is -3.91. The highest BCUT2D eigenvalue weighted by Gasteiger charge is 2.29. The lowest BCUT2D eigenvalue weighted by Crippen LogP contribution is -2.41. The Morgan fingerprint density at radius 1 is 0.833 bits per heavy atom. The van der Waals surface area contributed by atoms with E-state index in [0.29, 0.717) is 12.2 Å². The van der Waals surface area contributed by atoms with Crippen molar-refractivity contribution in [2.75, 3.05) is 17.9 Å². The number of hydrogen-bond donors (Lipinski definition) is 0. The van der Waals surface area contributed by atoms with Crippen LogP contribution in [0.4, 0.5) is 5.69 Å². The van der Waals surface area contributed by atoms with Crippen molar-refractivity contribution in [2.45, 2.75) is 25.3 Å². The summed E-state index contributed by atoms with van der Waals surface area (Å²) in [6.45, 7) is 3.93. The number of carbonyl (C=O) groups is 1. The Morgan fingerprint density at radius 2 is 1.43 bits per heavy atom. The second-order valence-electron chi connectivity index (χ2n) is 7.28. The Kier molecular flexibility index (Phi) is 6.57. The second kappa shape index (κ2) is 9.13. The van der Waals surface area contributed by atoms with Gasteiger partial charge in [0.2, 0.25) is 5.91 Å². The van der Waals surface area contributed by atoms with Crippen molar-refractivity contribution in [1.82, 2.24) is 4.90 Å². The number of hydrogen-bond acceptors (Lipinski definition) is 3. The number of benzene rings is 3. The van der Waals surface area contributed by atoms with Crippen LogP contribution in [0.1, 0.15) is 16.7 Å². The van der Waals surface area contributed by atoms with Crippen LogP contribution < -0.4 is 4.31 Å². The molecule has 0 spiro atoms. The molecule has 3 rings (SSSR count). The van der Waals surface area contributed by atoms with E-state index in [4.69, 9.17) is 0 Å². The summed E-state index contributed by atoms with van der Waals surface area (Å²) in [5.41, 5.74) is 3.29. The fourth-order valence-electron chi connectivity index (χ4n) is 3.21. The third-order valence-corrected chi connectivity index (χ3v) is 6.92. The zero-order valence-electron chi connectivity index (χ0n) is 17.4. The first-order valence-corrected chi connectivity index (χ1v) is 11.2. The van der Waals surface area contributed by atoms with E-state index in [1.54, 1.807) is 48.3 Å². The fraction of sp³-hybridized carbons (Fsp3) is 0.208. The van der Waals surface area contributed by atoms with Gasteiger partial charge in [-0.25, -0.2) is 8.42 Å². The molecule has 0 fully saturated rings. The number of aryl methyl sites for hydroxylation is 1. The largest absolute Gasteiger partial charge is 0.340 e. The molecular weight excluding hydrogens is 396 g/mol. The summed E-state index contributed by atoms with van der Waals surface area (Å²) >= 11 is 0. The van der Waals surface area contributed by atoms with Crippen LogP contribution in [0.15, 0.2) is 83.8 Å². The molecule has 6 heteroatoms. The summed E-state index contributed by atoms with van der Waals surface area (Å²) in [6, 6.07) is 23.3. The molecule has 30 heavy (non-hydrogen) atoms. The summed E-state index contributed by atoms with van der Waals surface area (Å²) < 4.78 is 28.2. The van der Waals surface area contributed by atoms with Crippen LogP contribution in [-0.2, 0) is 21.4 Å². The molecule has 0 aliphatic rings. The average Bonchev–Trinajstić information content (AvgIpc) is 2.75. The van der Waals surface area contributed by atoms with E-state index in [1.807, 2.05) is 56.3 Å². The van der Waals surface area contributed by atoms with E-state index in [-0.39, 0.29) is 17.3 Å². The van der Waals surface area contributed by atoms with Crippen molar-refractivity contribution in [3.8, 4) is 0 Å². The average molecular weight is 423 g/mol. The Bertz CT molecular complexity index is 1110. The molecule has 156 valence electrons. The van der Waals surface area contributed by atoms with Gasteiger partial charge in [0.15, 0.2) is 0 Å². The number of likely N-dealkylation sites (N-methyl/N-ethyl adjacent to an activating group) is 1. The van der Waals surface area contributed by atoms with E-state index < -0.39 is 10.0 Å². The highest BCUT2D eigenvalue weighted by Crippen LogP contribution is 2.28. The normalized spacial score (nSPS) is 11.2. The SMILES string of the molecule is Cc1cccc(N(CC(=O)N(C)Cc2ccccc2)S(=O)(=O)c2ccccc2)c1C. The lowest BCUT2D eigenvalue weighted by Gasteiger charge is -2.28. The first-order chi connectivity index (χ1) is 14.3. The van der Waals surface area contributed by atoms with E-state index in [9.17, 15) is 13.2 Å². The molecule has 5 nitrogen and oxygen atoms in total. The summed E-state index contributed by atoms with van der Waals surface area (Å²) in [5, 5.41) is 0. The van der Waals surface area contributed by atoms with Crippen LogP contribution in [0.2, 0.25) is 0 Å². The van der Waals surface area contributed by atoms with Gasteiger partial charge in [-0.3, -0.25) is 9.10 Å². The minimum Gasteiger partial charge on any atom is -0.340 e. The van der Waals surface area contributed by atoms with Gasteiger partial charge >= 0.3 is 0 Å². The molecule has 0 unspecified atom stereocenters. The predicted octanol–water partition coefficient (Wildman–Crippen LogP) is 4.16. The molecule has 0 radical (unpaired) electrons. The highest BCUT2D eigenvalue weighted by atomic mass is 32.2. The molecular formula is C24H26N2O3S. The quantitative estimate of drug-likeness (QED) is 0.575. The highest BCUT2D eigenvalue weighted by molar-refractivity contribution is 7.92. The standard InChI is InChI=1S/C24H26N2O3S/c1-19-11-10-16-23(20(19)2)26(30(28,29)22-14-8-5-9-15-22)18-24(27)25(3)17-21-12-6-4-7-13-21/h4-16H,17-18H2,1-3H3. The molecule has 0 atom stereocenters. The third-order valence-electron chi connectivity index (χ3n) is 5.14. The van der Waals surface area contributed by atoms with Crippen LogP contribution in [0.5, 0.6) is 0 Å². The van der Waals surface area contributed by atoms with Crippen molar-refractivity contribution in [2.24, 2.45) is 0 Å². The van der Waals surface area contributed by atoms with Crippen LogP contribution in [0.3, 0.4) is 0 Å². The van der Waals surface area contributed by atoms with Crippen molar-refractivity contribution in [3.05, 3.63) is 95.6 Å². The van der Waals surface area contributed by atoms with Crippen molar-refractivity contribution >= 4 is 21.6 Å².